The number of hydrogen-bond acceptors (Lipinski definition) is 4. The lowest BCUT2D eigenvalue weighted by Gasteiger charge is -2.16. The molecule has 5 heteroatoms. The molecule has 1 heterocycles. The first-order valence-electron chi connectivity index (χ1n) is 7.82. The molecule has 0 unspecified atom stereocenters. The van der Waals surface area contributed by atoms with Crippen LogP contribution in [0.2, 0.25) is 0 Å². The van der Waals surface area contributed by atoms with Gasteiger partial charge in [0.2, 0.25) is 0 Å². The maximum atomic E-state index is 11.9. The summed E-state index contributed by atoms with van der Waals surface area (Å²) in [5, 5.41) is 0. The van der Waals surface area contributed by atoms with Gasteiger partial charge >= 0.3 is 5.97 Å². The molecule has 0 aliphatic rings. The van der Waals surface area contributed by atoms with E-state index < -0.39 is 11.3 Å². The lowest BCUT2D eigenvalue weighted by Crippen LogP contribution is -2.25. The molecule has 126 valence electrons. The van der Waals surface area contributed by atoms with Crippen LogP contribution in [0.5, 0.6) is 5.75 Å². The summed E-state index contributed by atoms with van der Waals surface area (Å²) in [6, 6.07) is 11.0. The molecular formula is C19H22N2O3. The third kappa shape index (κ3) is 4.65. The number of primary amides is 1. The van der Waals surface area contributed by atoms with Gasteiger partial charge < -0.3 is 10.5 Å². The van der Waals surface area contributed by atoms with Crippen molar-refractivity contribution in [3.8, 4) is 5.75 Å². The molecule has 1 aromatic carbocycles. The Bertz CT molecular complexity index is 731. The minimum atomic E-state index is -0.538. The summed E-state index contributed by atoms with van der Waals surface area (Å²) < 4.78 is 5.34. The molecule has 0 saturated carbocycles. The lowest BCUT2D eigenvalue weighted by molar-refractivity contribution is -0.143. The van der Waals surface area contributed by atoms with Crippen LogP contribution in [0.3, 0.4) is 0 Å². The van der Waals surface area contributed by atoms with Crippen molar-refractivity contribution in [3.05, 3.63) is 59.4 Å². The molecule has 0 atom stereocenters. The Labute approximate surface area is 141 Å². The van der Waals surface area contributed by atoms with E-state index in [2.05, 4.69) is 4.98 Å². The molecule has 1 aromatic heterocycles. The van der Waals surface area contributed by atoms with E-state index in [1.54, 1.807) is 24.4 Å². The third-order valence-electron chi connectivity index (χ3n) is 3.55. The average Bonchev–Trinajstić information content (AvgIpc) is 2.53. The van der Waals surface area contributed by atoms with E-state index in [-0.39, 0.29) is 5.97 Å². The van der Waals surface area contributed by atoms with Crippen LogP contribution in [0, 0.1) is 5.41 Å². The van der Waals surface area contributed by atoms with Crippen molar-refractivity contribution >= 4 is 11.9 Å². The van der Waals surface area contributed by atoms with Crippen LogP contribution in [0.1, 0.15) is 42.4 Å². The highest BCUT2D eigenvalue weighted by molar-refractivity contribution is 5.92. The number of amides is 1. The minimum Gasteiger partial charge on any atom is -0.426 e. The second-order valence-corrected chi connectivity index (χ2v) is 6.66. The van der Waals surface area contributed by atoms with E-state index in [1.807, 2.05) is 39.0 Å². The van der Waals surface area contributed by atoms with Crippen molar-refractivity contribution in [3.63, 3.8) is 0 Å². The van der Waals surface area contributed by atoms with Gasteiger partial charge in [0, 0.05) is 6.20 Å². The maximum absolute atomic E-state index is 11.9. The van der Waals surface area contributed by atoms with Gasteiger partial charge in [-0.05, 0) is 62.9 Å². The van der Waals surface area contributed by atoms with Crippen LogP contribution in [0.4, 0.5) is 0 Å². The zero-order valence-corrected chi connectivity index (χ0v) is 14.2. The maximum Gasteiger partial charge on any atom is 0.316 e. The van der Waals surface area contributed by atoms with E-state index >= 15 is 0 Å². The van der Waals surface area contributed by atoms with Crippen LogP contribution in [-0.2, 0) is 17.6 Å². The molecule has 0 saturated heterocycles. The van der Waals surface area contributed by atoms with Crippen molar-refractivity contribution in [1.82, 2.24) is 4.98 Å². The number of hydrogen-bond donors (Lipinski definition) is 1. The minimum absolute atomic E-state index is 0.267. The quantitative estimate of drug-likeness (QED) is 0.676. The normalized spacial score (nSPS) is 11.1. The van der Waals surface area contributed by atoms with Crippen LogP contribution in [0.15, 0.2) is 42.6 Å². The van der Waals surface area contributed by atoms with E-state index in [0.29, 0.717) is 17.9 Å². The smallest absolute Gasteiger partial charge is 0.316 e. The molecule has 5 nitrogen and oxygen atoms in total. The number of carbonyl (C=O) groups is 2. The number of nitrogens with two attached hydrogens (primary N) is 1. The van der Waals surface area contributed by atoms with E-state index in [0.717, 1.165) is 17.5 Å². The highest BCUT2D eigenvalue weighted by Gasteiger charge is 2.23. The molecule has 2 aromatic rings. The fourth-order valence-electron chi connectivity index (χ4n) is 2.13. The van der Waals surface area contributed by atoms with Gasteiger partial charge in [0.15, 0.2) is 0 Å². The first kappa shape index (κ1) is 17.7. The van der Waals surface area contributed by atoms with Gasteiger partial charge in [0.25, 0.3) is 5.91 Å². The number of aryl methyl sites for hydroxylation is 2. The number of benzene rings is 1. The topological polar surface area (TPSA) is 82.3 Å². The van der Waals surface area contributed by atoms with E-state index in [9.17, 15) is 9.59 Å². The zero-order chi connectivity index (χ0) is 17.7. The molecule has 2 N–H and O–H groups in total. The Morgan fingerprint density at radius 1 is 1.08 bits per heavy atom. The van der Waals surface area contributed by atoms with Crippen molar-refractivity contribution in [2.45, 2.75) is 33.6 Å². The monoisotopic (exact) mass is 326 g/mol. The summed E-state index contributed by atoms with van der Waals surface area (Å²) in [4.78, 5) is 27.3. The molecule has 0 fully saturated rings. The van der Waals surface area contributed by atoms with Crippen LogP contribution < -0.4 is 10.5 Å². The first-order valence-corrected chi connectivity index (χ1v) is 7.82. The average molecular weight is 326 g/mol. The van der Waals surface area contributed by atoms with Gasteiger partial charge in [-0.2, -0.15) is 0 Å². The third-order valence-corrected chi connectivity index (χ3v) is 3.55. The van der Waals surface area contributed by atoms with Crippen LogP contribution in [0.25, 0.3) is 0 Å². The molecule has 0 bridgehead atoms. The SMILES string of the molecule is CC(C)(C)C(=O)Oc1ccc(CCc2cccnc2C(N)=O)cc1. The lowest BCUT2D eigenvalue weighted by atomic mass is 9.97. The number of nitrogens with zero attached hydrogens (tertiary/aromatic N) is 1. The number of esters is 1. The number of ether oxygens (including phenoxy) is 1. The number of aromatic nitrogens is 1. The molecule has 0 radical (unpaired) electrons. The van der Waals surface area contributed by atoms with Crippen molar-refractivity contribution in [1.29, 1.82) is 0 Å². The highest BCUT2D eigenvalue weighted by Crippen LogP contribution is 2.20. The molecular weight excluding hydrogens is 304 g/mol. The summed E-state index contributed by atoms with van der Waals surface area (Å²) in [6.07, 6.45) is 2.95. The van der Waals surface area contributed by atoms with Crippen molar-refractivity contribution in [2.75, 3.05) is 0 Å². The second kappa shape index (κ2) is 7.25. The summed E-state index contributed by atoms with van der Waals surface area (Å²) >= 11 is 0. The first-order chi connectivity index (χ1) is 11.3. The molecule has 0 spiro atoms. The van der Waals surface area contributed by atoms with Gasteiger partial charge in [-0.15, -0.1) is 0 Å². The number of pyridine rings is 1. The zero-order valence-electron chi connectivity index (χ0n) is 14.2. The van der Waals surface area contributed by atoms with Gasteiger partial charge in [-0.1, -0.05) is 18.2 Å². The summed E-state index contributed by atoms with van der Waals surface area (Å²) in [5.74, 6) is -0.260. The Kier molecular flexibility index (Phi) is 5.34. The Hall–Kier alpha value is -2.69. The largest absolute Gasteiger partial charge is 0.426 e. The fraction of sp³-hybridized carbons (Fsp3) is 0.316. The Morgan fingerprint density at radius 3 is 2.33 bits per heavy atom. The number of carbonyl (C=O) groups excluding carboxylic acids is 2. The predicted molar refractivity (Wildman–Crippen MR) is 91.7 cm³/mol. The summed E-state index contributed by atoms with van der Waals surface area (Å²) in [6.45, 7) is 5.44. The van der Waals surface area contributed by atoms with Crippen LogP contribution in [-0.4, -0.2) is 16.9 Å². The second-order valence-electron chi connectivity index (χ2n) is 6.66. The molecule has 2 rings (SSSR count). The van der Waals surface area contributed by atoms with Gasteiger partial charge in [-0.25, -0.2) is 0 Å². The summed E-state index contributed by atoms with van der Waals surface area (Å²) in [7, 11) is 0. The standard InChI is InChI=1S/C19H22N2O3/c1-19(2,3)18(23)24-15-10-7-13(8-11-15)6-9-14-5-4-12-21-16(14)17(20)22/h4-5,7-8,10-12H,6,9H2,1-3H3,(H2,20,22). The van der Waals surface area contributed by atoms with Crippen LogP contribution >= 0.6 is 0 Å². The van der Waals surface area contributed by atoms with Crippen molar-refractivity contribution in [2.24, 2.45) is 11.1 Å². The van der Waals surface area contributed by atoms with Gasteiger partial charge in [0.1, 0.15) is 11.4 Å². The van der Waals surface area contributed by atoms with E-state index in [1.165, 1.54) is 0 Å². The Balaban J connectivity index is 2.00. The van der Waals surface area contributed by atoms with Crippen molar-refractivity contribution < 1.29 is 14.3 Å². The predicted octanol–water partition coefficient (Wildman–Crippen LogP) is 2.92. The summed E-state index contributed by atoms with van der Waals surface area (Å²) in [5.41, 5.74) is 7.01. The molecule has 0 aliphatic carbocycles. The Morgan fingerprint density at radius 2 is 1.75 bits per heavy atom. The molecule has 1 amide bonds. The van der Waals surface area contributed by atoms with Gasteiger partial charge in [-0.3, -0.25) is 14.6 Å². The molecule has 24 heavy (non-hydrogen) atoms. The fourth-order valence-corrected chi connectivity index (χ4v) is 2.13. The van der Waals surface area contributed by atoms with E-state index in [4.69, 9.17) is 10.5 Å². The van der Waals surface area contributed by atoms with Gasteiger partial charge in [0.05, 0.1) is 5.41 Å². The molecule has 0 aliphatic heterocycles. The highest BCUT2D eigenvalue weighted by atomic mass is 16.5. The number of rotatable bonds is 5.